The Morgan fingerprint density at radius 1 is 0.857 bits per heavy atom. The fraction of sp³-hybridized carbons (Fsp3) is 0. The second-order valence-corrected chi connectivity index (χ2v) is 5.21. The zero-order valence-electron chi connectivity index (χ0n) is 11.0. The van der Waals surface area contributed by atoms with Crippen molar-refractivity contribution < 1.29 is 0 Å². The number of aromatic nitrogens is 3. The highest BCUT2D eigenvalue weighted by Gasteiger charge is 2.02. The largest absolute Gasteiger partial charge is 0.339 e. The summed E-state index contributed by atoms with van der Waals surface area (Å²) in [5, 5.41) is 14.2. The Bertz CT molecular complexity index is 733. The standard InChI is InChI=1S/C15H12BrN5/c16-11-5-4-8-13(9-11)19-15-20-14(10-17-21-15)18-12-6-2-1-3-7-12/h1-10H,(H2,18,19,20,21). The minimum absolute atomic E-state index is 0.439. The van der Waals surface area contributed by atoms with Gasteiger partial charge in [0.1, 0.15) is 0 Å². The zero-order valence-corrected chi connectivity index (χ0v) is 12.6. The Hall–Kier alpha value is -2.47. The molecule has 0 saturated heterocycles. The van der Waals surface area contributed by atoms with Crippen LogP contribution in [0.2, 0.25) is 0 Å². The molecule has 0 fully saturated rings. The molecule has 0 atom stereocenters. The van der Waals surface area contributed by atoms with Gasteiger partial charge in [-0.2, -0.15) is 10.1 Å². The molecule has 0 aliphatic rings. The molecule has 0 unspecified atom stereocenters. The van der Waals surface area contributed by atoms with Gasteiger partial charge in [-0.15, -0.1) is 5.10 Å². The van der Waals surface area contributed by atoms with Crippen molar-refractivity contribution in [2.24, 2.45) is 0 Å². The van der Waals surface area contributed by atoms with Crippen LogP contribution in [0.5, 0.6) is 0 Å². The highest BCUT2D eigenvalue weighted by molar-refractivity contribution is 9.10. The van der Waals surface area contributed by atoms with Gasteiger partial charge in [0.2, 0.25) is 5.95 Å². The fourth-order valence-corrected chi connectivity index (χ4v) is 2.18. The minimum Gasteiger partial charge on any atom is -0.339 e. The number of para-hydroxylation sites is 1. The summed E-state index contributed by atoms with van der Waals surface area (Å²) in [5.74, 6) is 1.07. The molecular weight excluding hydrogens is 330 g/mol. The van der Waals surface area contributed by atoms with Crippen molar-refractivity contribution >= 4 is 39.1 Å². The van der Waals surface area contributed by atoms with Crippen molar-refractivity contribution in [2.45, 2.75) is 0 Å². The average molecular weight is 342 g/mol. The Morgan fingerprint density at radius 2 is 1.67 bits per heavy atom. The van der Waals surface area contributed by atoms with Crippen molar-refractivity contribution in [1.29, 1.82) is 0 Å². The number of benzene rings is 2. The van der Waals surface area contributed by atoms with Crippen molar-refractivity contribution in [3.8, 4) is 0 Å². The number of anilines is 4. The van der Waals surface area contributed by atoms with Gasteiger partial charge in [-0.1, -0.05) is 40.2 Å². The van der Waals surface area contributed by atoms with Crippen LogP contribution in [0.15, 0.2) is 65.3 Å². The lowest BCUT2D eigenvalue weighted by atomic mass is 10.3. The molecule has 0 bridgehead atoms. The van der Waals surface area contributed by atoms with E-state index in [0.717, 1.165) is 15.8 Å². The molecule has 0 saturated carbocycles. The summed E-state index contributed by atoms with van der Waals surface area (Å²) in [6, 6.07) is 17.6. The molecule has 0 spiro atoms. The van der Waals surface area contributed by atoms with Gasteiger partial charge in [-0.25, -0.2) is 0 Å². The highest BCUT2D eigenvalue weighted by Crippen LogP contribution is 2.19. The predicted molar refractivity (Wildman–Crippen MR) is 87.0 cm³/mol. The first-order valence-corrected chi connectivity index (χ1v) is 7.13. The Labute approximate surface area is 130 Å². The second-order valence-electron chi connectivity index (χ2n) is 4.29. The van der Waals surface area contributed by atoms with Crippen LogP contribution in [0.3, 0.4) is 0 Å². The average Bonchev–Trinajstić information content (AvgIpc) is 2.49. The summed E-state index contributed by atoms with van der Waals surface area (Å²) in [5.41, 5.74) is 1.84. The van der Waals surface area contributed by atoms with Gasteiger partial charge < -0.3 is 10.6 Å². The van der Waals surface area contributed by atoms with E-state index < -0.39 is 0 Å². The van der Waals surface area contributed by atoms with Gasteiger partial charge in [-0.3, -0.25) is 0 Å². The first kappa shape index (κ1) is 13.5. The van der Waals surface area contributed by atoms with Crippen LogP contribution in [0.25, 0.3) is 0 Å². The smallest absolute Gasteiger partial charge is 0.249 e. The van der Waals surface area contributed by atoms with Crippen LogP contribution >= 0.6 is 15.9 Å². The molecule has 1 aromatic heterocycles. The van der Waals surface area contributed by atoms with Crippen LogP contribution in [0.1, 0.15) is 0 Å². The van der Waals surface area contributed by atoms with Crippen LogP contribution in [-0.4, -0.2) is 15.2 Å². The van der Waals surface area contributed by atoms with E-state index in [4.69, 9.17) is 0 Å². The molecule has 2 N–H and O–H groups in total. The molecule has 3 rings (SSSR count). The number of rotatable bonds is 4. The van der Waals surface area contributed by atoms with E-state index in [0.29, 0.717) is 11.8 Å². The van der Waals surface area contributed by atoms with Crippen LogP contribution < -0.4 is 10.6 Å². The summed E-state index contributed by atoms with van der Waals surface area (Å²) < 4.78 is 0.985. The highest BCUT2D eigenvalue weighted by atomic mass is 79.9. The third kappa shape index (κ3) is 3.76. The molecule has 21 heavy (non-hydrogen) atoms. The summed E-state index contributed by atoms with van der Waals surface area (Å²) in [6.45, 7) is 0. The van der Waals surface area contributed by atoms with Crippen LogP contribution in [0, 0.1) is 0 Å². The lowest BCUT2D eigenvalue weighted by Gasteiger charge is -2.07. The molecule has 6 heteroatoms. The van der Waals surface area contributed by atoms with E-state index >= 15 is 0 Å². The van der Waals surface area contributed by atoms with Gasteiger partial charge in [0.05, 0.1) is 6.20 Å². The van der Waals surface area contributed by atoms with Crippen molar-refractivity contribution in [1.82, 2.24) is 15.2 Å². The molecular formula is C15H12BrN5. The number of hydrogen-bond donors (Lipinski definition) is 2. The normalized spacial score (nSPS) is 10.1. The summed E-state index contributed by atoms with van der Waals surface area (Å²) in [7, 11) is 0. The second kappa shape index (κ2) is 6.32. The maximum atomic E-state index is 4.38. The fourth-order valence-electron chi connectivity index (χ4n) is 1.78. The number of halogens is 1. The molecule has 1 heterocycles. The molecule has 5 nitrogen and oxygen atoms in total. The molecule has 2 aromatic carbocycles. The summed E-state index contributed by atoms with van der Waals surface area (Å²) in [4.78, 5) is 4.38. The van der Waals surface area contributed by atoms with Crippen molar-refractivity contribution in [2.75, 3.05) is 10.6 Å². The maximum Gasteiger partial charge on any atom is 0.249 e. The molecule has 0 aliphatic carbocycles. The molecule has 0 aliphatic heterocycles. The van der Waals surface area contributed by atoms with E-state index in [2.05, 4.69) is 41.7 Å². The van der Waals surface area contributed by atoms with E-state index in [1.54, 1.807) is 6.20 Å². The van der Waals surface area contributed by atoms with E-state index in [1.165, 1.54) is 0 Å². The summed E-state index contributed by atoms with van der Waals surface area (Å²) in [6.07, 6.45) is 1.58. The third-order valence-corrected chi connectivity index (χ3v) is 3.18. The first-order chi connectivity index (χ1) is 10.3. The van der Waals surface area contributed by atoms with Crippen LogP contribution in [-0.2, 0) is 0 Å². The quantitative estimate of drug-likeness (QED) is 0.747. The van der Waals surface area contributed by atoms with Gasteiger partial charge in [0, 0.05) is 15.8 Å². The third-order valence-electron chi connectivity index (χ3n) is 2.69. The van der Waals surface area contributed by atoms with E-state index in [-0.39, 0.29) is 0 Å². The van der Waals surface area contributed by atoms with Gasteiger partial charge in [0.15, 0.2) is 5.82 Å². The Morgan fingerprint density at radius 3 is 2.48 bits per heavy atom. The van der Waals surface area contributed by atoms with Gasteiger partial charge in [-0.05, 0) is 30.3 Å². The summed E-state index contributed by atoms with van der Waals surface area (Å²) >= 11 is 3.43. The number of hydrogen-bond acceptors (Lipinski definition) is 5. The molecule has 0 amide bonds. The van der Waals surface area contributed by atoms with Crippen LogP contribution in [0.4, 0.5) is 23.1 Å². The Balaban J connectivity index is 1.77. The molecule has 104 valence electrons. The topological polar surface area (TPSA) is 62.7 Å². The lowest BCUT2D eigenvalue weighted by Crippen LogP contribution is -2.02. The predicted octanol–water partition coefficient (Wildman–Crippen LogP) is 4.12. The van der Waals surface area contributed by atoms with E-state index in [9.17, 15) is 0 Å². The zero-order chi connectivity index (χ0) is 14.5. The number of nitrogens with zero attached hydrogens (tertiary/aromatic N) is 3. The van der Waals surface area contributed by atoms with E-state index in [1.807, 2.05) is 54.6 Å². The maximum absolute atomic E-state index is 4.38. The SMILES string of the molecule is Brc1cccc(Nc2nncc(Nc3ccccc3)n2)c1. The number of nitrogens with one attached hydrogen (secondary N) is 2. The van der Waals surface area contributed by atoms with Gasteiger partial charge >= 0.3 is 0 Å². The molecule has 0 radical (unpaired) electrons. The molecule has 3 aromatic rings. The minimum atomic E-state index is 0.439. The Kier molecular flexibility index (Phi) is 4.07. The van der Waals surface area contributed by atoms with Gasteiger partial charge in [0.25, 0.3) is 0 Å². The van der Waals surface area contributed by atoms with Crippen molar-refractivity contribution in [3.63, 3.8) is 0 Å². The first-order valence-electron chi connectivity index (χ1n) is 6.34. The monoisotopic (exact) mass is 341 g/mol. The lowest BCUT2D eigenvalue weighted by molar-refractivity contribution is 0.982. The van der Waals surface area contributed by atoms with Crippen molar-refractivity contribution in [3.05, 3.63) is 65.3 Å².